The fourth-order valence-electron chi connectivity index (χ4n) is 1.81. The molecule has 0 bridgehead atoms. The van der Waals surface area contributed by atoms with Crippen LogP contribution in [0.5, 0.6) is 0 Å². The maximum atomic E-state index is 14.0. The van der Waals surface area contributed by atoms with Gasteiger partial charge in [-0.2, -0.15) is 0 Å². The van der Waals surface area contributed by atoms with Crippen molar-refractivity contribution >= 4 is 11.4 Å². The fraction of sp³-hybridized carbons (Fsp3) is 0.0769. The van der Waals surface area contributed by atoms with Crippen LogP contribution in [-0.4, -0.2) is 0 Å². The second kappa shape index (κ2) is 4.25. The first-order chi connectivity index (χ1) is 8.45. The van der Waals surface area contributed by atoms with Crippen LogP contribution in [0.15, 0.2) is 24.3 Å². The second-order valence-electron chi connectivity index (χ2n) is 3.96. The van der Waals surface area contributed by atoms with Crippen molar-refractivity contribution in [3.8, 4) is 11.1 Å². The molecule has 0 fully saturated rings. The Bertz CT molecular complexity index is 595. The lowest BCUT2D eigenvalue weighted by Crippen LogP contribution is -2.07. The summed E-state index contributed by atoms with van der Waals surface area (Å²) in [5, 5.41) is 0. The van der Waals surface area contributed by atoms with Crippen LogP contribution in [0.3, 0.4) is 0 Å². The molecule has 0 unspecified atom stereocenters. The summed E-state index contributed by atoms with van der Waals surface area (Å²) in [4.78, 5) is 0. The Hall–Kier alpha value is -2.17. The van der Waals surface area contributed by atoms with Gasteiger partial charge in [-0.1, -0.05) is 24.3 Å². The first-order valence-electron chi connectivity index (χ1n) is 5.22. The Morgan fingerprint density at radius 3 is 2.00 bits per heavy atom. The molecule has 0 radical (unpaired) electrons. The van der Waals surface area contributed by atoms with Crippen molar-refractivity contribution in [3.63, 3.8) is 0 Å². The fourth-order valence-corrected chi connectivity index (χ4v) is 1.81. The highest BCUT2D eigenvalue weighted by Gasteiger charge is 2.23. The zero-order valence-corrected chi connectivity index (χ0v) is 9.60. The van der Waals surface area contributed by atoms with Crippen molar-refractivity contribution in [2.75, 3.05) is 11.5 Å². The van der Waals surface area contributed by atoms with Crippen LogP contribution in [-0.2, 0) is 0 Å². The summed E-state index contributed by atoms with van der Waals surface area (Å²) in [7, 11) is 0. The first kappa shape index (κ1) is 12.3. The number of nitrogen functional groups attached to an aromatic ring is 2. The Balaban J connectivity index is 2.85. The summed E-state index contributed by atoms with van der Waals surface area (Å²) < 4.78 is 40.7. The highest BCUT2D eigenvalue weighted by atomic mass is 19.2. The van der Waals surface area contributed by atoms with Gasteiger partial charge in [-0.05, 0) is 18.1 Å². The number of halogens is 3. The third kappa shape index (κ3) is 1.68. The van der Waals surface area contributed by atoms with Gasteiger partial charge in [0.05, 0.1) is 5.69 Å². The highest BCUT2D eigenvalue weighted by Crippen LogP contribution is 2.37. The summed E-state index contributed by atoms with van der Waals surface area (Å²) in [6, 6.07) is 6.68. The molecular formula is C13H11F3N2. The average Bonchev–Trinajstić information content (AvgIpc) is 2.36. The third-order valence-electron chi connectivity index (χ3n) is 2.81. The molecule has 0 saturated carbocycles. The molecule has 0 amide bonds. The van der Waals surface area contributed by atoms with Gasteiger partial charge in [-0.3, -0.25) is 0 Å². The number of hydrogen-bond donors (Lipinski definition) is 2. The molecule has 4 N–H and O–H groups in total. The number of benzene rings is 2. The van der Waals surface area contributed by atoms with Crippen LogP contribution in [0, 0.1) is 24.4 Å². The number of nitrogens with two attached hydrogens (primary N) is 2. The van der Waals surface area contributed by atoms with Gasteiger partial charge in [0.1, 0.15) is 5.69 Å². The monoisotopic (exact) mass is 252 g/mol. The van der Waals surface area contributed by atoms with E-state index in [9.17, 15) is 13.2 Å². The maximum Gasteiger partial charge on any atom is 0.186 e. The molecule has 0 atom stereocenters. The molecule has 5 heteroatoms. The van der Waals surface area contributed by atoms with E-state index in [1.165, 1.54) is 0 Å². The minimum absolute atomic E-state index is 0.204. The van der Waals surface area contributed by atoms with E-state index in [4.69, 9.17) is 11.5 Å². The average molecular weight is 252 g/mol. The standard InChI is InChI=1S/C13H11F3N2/c1-6-4-2-3-5-7(6)8-9(14)13(18)11(16)10(15)12(8)17/h2-5H,17-18H2,1H3. The van der Waals surface area contributed by atoms with E-state index in [-0.39, 0.29) is 5.56 Å². The van der Waals surface area contributed by atoms with Gasteiger partial charge in [0.25, 0.3) is 0 Å². The molecule has 2 rings (SSSR count). The summed E-state index contributed by atoms with van der Waals surface area (Å²) >= 11 is 0. The van der Waals surface area contributed by atoms with Crippen LogP contribution in [0.1, 0.15) is 5.56 Å². The summed E-state index contributed by atoms with van der Waals surface area (Å²) in [6.07, 6.45) is 0. The Labute approximate surface area is 102 Å². The second-order valence-corrected chi connectivity index (χ2v) is 3.96. The largest absolute Gasteiger partial charge is 0.396 e. The number of anilines is 2. The van der Waals surface area contributed by atoms with Gasteiger partial charge in [-0.15, -0.1) is 0 Å². The zero-order chi connectivity index (χ0) is 13.4. The van der Waals surface area contributed by atoms with Crippen molar-refractivity contribution in [2.24, 2.45) is 0 Å². The van der Waals surface area contributed by atoms with Gasteiger partial charge >= 0.3 is 0 Å². The quantitative estimate of drug-likeness (QED) is 0.604. The van der Waals surface area contributed by atoms with Crippen LogP contribution in [0.25, 0.3) is 11.1 Å². The van der Waals surface area contributed by atoms with Crippen LogP contribution in [0.2, 0.25) is 0 Å². The van der Waals surface area contributed by atoms with Crippen LogP contribution in [0.4, 0.5) is 24.5 Å². The highest BCUT2D eigenvalue weighted by molar-refractivity contribution is 5.82. The summed E-state index contributed by atoms with van der Waals surface area (Å²) in [5.74, 6) is -3.82. The van der Waals surface area contributed by atoms with Crippen molar-refractivity contribution in [2.45, 2.75) is 6.92 Å². The Kier molecular flexibility index (Phi) is 2.90. The van der Waals surface area contributed by atoms with Crippen molar-refractivity contribution < 1.29 is 13.2 Å². The molecule has 0 aromatic heterocycles. The molecule has 18 heavy (non-hydrogen) atoms. The zero-order valence-electron chi connectivity index (χ0n) is 9.60. The minimum Gasteiger partial charge on any atom is -0.396 e. The summed E-state index contributed by atoms with van der Waals surface area (Å²) in [5.41, 5.74) is 10.1. The van der Waals surface area contributed by atoms with E-state index in [2.05, 4.69) is 0 Å². The van der Waals surface area contributed by atoms with E-state index >= 15 is 0 Å². The third-order valence-corrected chi connectivity index (χ3v) is 2.81. The van der Waals surface area contributed by atoms with Crippen LogP contribution < -0.4 is 11.5 Å². The lowest BCUT2D eigenvalue weighted by molar-refractivity contribution is 0.505. The van der Waals surface area contributed by atoms with E-state index in [1.54, 1.807) is 31.2 Å². The molecular weight excluding hydrogens is 241 g/mol. The van der Waals surface area contributed by atoms with Gasteiger partial charge in [0.15, 0.2) is 17.5 Å². The number of hydrogen-bond acceptors (Lipinski definition) is 2. The predicted octanol–water partition coefficient (Wildman–Crippen LogP) is 3.24. The maximum absolute atomic E-state index is 14.0. The van der Waals surface area contributed by atoms with Crippen LogP contribution >= 0.6 is 0 Å². The Morgan fingerprint density at radius 1 is 0.833 bits per heavy atom. The number of rotatable bonds is 1. The molecule has 0 aliphatic rings. The normalized spacial score (nSPS) is 10.7. The molecule has 2 nitrogen and oxygen atoms in total. The van der Waals surface area contributed by atoms with E-state index in [0.29, 0.717) is 11.1 Å². The molecule has 0 heterocycles. The lowest BCUT2D eigenvalue weighted by atomic mass is 9.97. The van der Waals surface area contributed by atoms with Gasteiger partial charge < -0.3 is 11.5 Å². The Morgan fingerprint density at radius 2 is 1.39 bits per heavy atom. The molecule has 0 saturated heterocycles. The van der Waals surface area contributed by atoms with Crippen molar-refractivity contribution in [3.05, 3.63) is 47.3 Å². The summed E-state index contributed by atoms with van der Waals surface area (Å²) in [6.45, 7) is 1.71. The van der Waals surface area contributed by atoms with Crippen molar-refractivity contribution in [1.29, 1.82) is 0 Å². The number of aryl methyl sites for hydroxylation is 1. The molecule has 2 aromatic rings. The smallest absolute Gasteiger partial charge is 0.186 e. The van der Waals surface area contributed by atoms with Crippen molar-refractivity contribution in [1.82, 2.24) is 0 Å². The molecule has 94 valence electrons. The van der Waals surface area contributed by atoms with Gasteiger partial charge in [0, 0.05) is 5.56 Å². The van der Waals surface area contributed by atoms with E-state index in [0.717, 1.165) is 0 Å². The van der Waals surface area contributed by atoms with Gasteiger partial charge in [-0.25, -0.2) is 13.2 Å². The predicted molar refractivity (Wildman–Crippen MR) is 65.3 cm³/mol. The molecule has 0 spiro atoms. The topological polar surface area (TPSA) is 52.0 Å². The lowest BCUT2D eigenvalue weighted by Gasteiger charge is -2.13. The van der Waals surface area contributed by atoms with E-state index < -0.39 is 28.8 Å². The first-order valence-corrected chi connectivity index (χ1v) is 5.22. The molecule has 0 aliphatic carbocycles. The molecule has 2 aromatic carbocycles. The minimum atomic E-state index is -1.46. The molecule has 0 aliphatic heterocycles. The SMILES string of the molecule is Cc1ccccc1-c1c(N)c(F)c(F)c(N)c1F. The van der Waals surface area contributed by atoms with Gasteiger partial charge in [0.2, 0.25) is 0 Å². The van der Waals surface area contributed by atoms with E-state index in [1.807, 2.05) is 0 Å².